The number of carbonyl (C=O) groups excluding carboxylic acids is 2. The zero-order chi connectivity index (χ0) is 28.6. The first kappa shape index (κ1) is 28.6. The van der Waals surface area contributed by atoms with Gasteiger partial charge in [-0.05, 0) is 67.4 Å². The van der Waals surface area contributed by atoms with E-state index < -0.39 is 0 Å². The first-order chi connectivity index (χ1) is 20.0. The SMILES string of the molecule is COc1ccccc1N1CCN(c2ccc(NC(=O)COc3ccc(Cl)cc3)cc2C(=O)NC2CCCCC2)CC1. The summed E-state index contributed by atoms with van der Waals surface area (Å²) in [5.74, 6) is 0.998. The number of carbonyl (C=O) groups is 2. The fraction of sp³-hybridized carbons (Fsp3) is 0.375. The first-order valence-corrected chi connectivity index (χ1v) is 14.6. The number of anilines is 3. The number of piperazine rings is 1. The molecule has 0 atom stereocenters. The van der Waals surface area contributed by atoms with Gasteiger partial charge in [0.15, 0.2) is 6.61 Å². The Morgan fingerprint density at radius 1 is 0.878 bits per heavy atom. The minimum atomic E-state index is -0.309. The van der Waals surface area contributed by atoms with E-state index in [4.69, 9.17) is 21.1 Å². The smallest absolute Gasteiger partial charge is 0.262 e. The molecule has 0 unspecified atom stereocenters. The van der Waals surface area contributed by atoms with Crippen molar-refractivity contribution >= 4 is 40.5 Å². The quantitative estimate of drug-likeness (QED) is 0.337. The summed E-state index contributed by atoms with van der Waals surface area (Å²) < 4.78 is 11.2. The molecule has 41 heavy (non-hydrogen) atoms. The summed E-state index contributed by atoms with van der Waals surface area (Å²) in [7, 11) is 1.69. The maximum absolute atomic E-state index is 13.6. The van der Waals surface area contributed by atoms with Crippen LogP contribution in [0.5, 0.6) is 11.5 Å². The molecular formula is C32H37ClN4O4. The number of amides is 2. The lowest BCUT2D eigenvalue weighted by Crippen LogP contribution is -2.47. The molecule has 8 nitrogen and oxygen atoms in total. The van der Waals surface area contributed by atoms with Gasteiger partial charge in [0.25, 0.3) is 11.8 Å². The number of nitrogens with one attached hydrogen (secondary N) is 2. The molecule has 0 bridgehead atoms. The summed E-state index contributed by atoms with van der Waals surface area (Å²) in [6.07, 6.45) is 5.47. The van der Waals surface area contributed by atoms with Gasteiger partial charge >= 0.3 is 0 Å². The van der Waals surface area contributed by atoms with Gasteiger partial charge in [0, 0.05) is 48.6 Å². The molecule has 3 aromatic carbocycles. The molecule has 3 aromatic rings. The molecule has 2 N–H and O–H groups in total. The van der Waals surface area contributed by atoms with Crippen molar-refractivity contribution in [1.82, 2.24) is 5.32 Å². The number of hydrogen-bond donors (Lipinski definition) is 2. The minimum Gasteiger partial charge on any atom is -0.495 e. The van der Waals surface area contributed by atoms with Crippen LogP contribution in [-0.4, -0.2) is 57.8 Å². The molecule has 0 spiro atoms. The Labute approximate surface area is 246 Å². The molecule has 1 saturated heterocycles. The van der Waals surface area contributed by atoms with Crippen molar-refractivity contribution in [2.45, 2.75) is 38.1 Å². The second kappa shape index (κ2) is 13.6. The van der Waals surface area contributed by atoms with E-state index in [1.165, 1.54) is 6.42 Å². The van der Waals surface area contributed by atoms with Crippen molar-refractivity contribution in [3.8, 4) is 11.5 Å². The van der Waals surface area contributed by atoms with Crippen molar-refractivity contribution in [3.63, 3.8) is 0 Å². The minimum absolute atomic E-state index is 0.104. The number of methoxy groups -OCH3 is 1. The van der Waals surface area contributed by atoms with E-state index in [0.717, 1.165) is 69.0 Å². The van der Waals surface area contributed by atoms with Crippen LogP contribution in [-0.2, 0) is 4.79 Å². The van der Waals surface area contributed by atoms with Crippen LogP contribution >= 0.6 is 11.6 Å². The summed E-state index contributed by atoms with van der Waals surface area (Å²) in [6.45, 7) is 2.94. The van der Waals surface area contributed by atoms with E-state index in [2.05, 4.69) is 26.5 Å². The molecule has 2 amide bonds. The van der Waals surface area contributed by atoms with Crippen molar-refractivity contribution in [2.75, 3.05) is 55.0 Å². The molecule has 0 radical (unpaired) electrons. The fourth-order valence-electron chi connectivity index (χ4n) is 5.54. The number of ether oxygens (including phenoxy) is 2. The average Bonchev–Trinajstić information content (AvgIpc) is 3.01. The van der Waals surface area contributed by atoms with Gasteiger partial charge in [-0.25, -0.2) is 0 Å². The van der Waals surface area contributed by atoms with Crippen molar-refractivity contribution < 1.29 is 19.1 Å². The fourth-order valence-corrected chi connectivity index (χ4v) is 5.66. The summed E-state index contributed by atoms with van der Waals surface area (Å²) in [6, 6.07) is 20.6. The van der Waals surface area contributed by atoms with Gasteiger partial charge in [-0.2, -0.15) is 0 Å². The van der Waals surface area contributed by atoms with Gasteiger partial charge in [0.05, 0.1) is 18.4 Å². The summed E-state index contributed by atoms with van der Waals surface area (Å²) >= 11 is 5.92. The third-order valence-corrected chi connectivity index (χ3v) is 7.95. The second-order valence-electron chi connectivity index (χ2n) is 10.5. The van der Waals surface area contributed by atoms with Gasteiger partial charge in [0.2, 0.25) is 0 Å². The summed E-state index contributed by atoms with van der Waals surface area (Å²) in [5, 5.41) is 6.74. The lowest BCUT2D eigenvalue weighted by molar-refractivity contribution is -0.118. The third-order valence-electron chi connectivity index (χ3n) is 7.70. The maximum Gasteiger partial charge on any atom is 0.262 e. The highest BCUT2D eigenvalue weighted by atomic mass is 35.5. The predicted molar refractivity (Wildman–Crippen MR) is 164 cm³/mol. The Hall–Kier alpha value is -3.91. The average molecular weight is 577 g/mol. The standard InChI is InChI=1S/C32H37ClN4O4/c1-40-30-10-6-5-9-29(30)37-19-17-36(18-20-37)28-16-13-25(21-27(28)32(39)35-24-7-3-2-4-8-24)34-31(38)22-41-26-14-11-23(33)12-15-26/h5-6,9-16,21,24H,2-4,7-8,17-20,22H2,1H3,(H,34,38)(H,35,39). The van der Waals surface area contributed by atoms with E-state index in [-0.39, 0.29) is 24.5 Å². The normalized spacial score (nSPS) is 15.8. The summed E-state index contributed by atoms with van der Waals surface area (Å²) in [5.41, 5.74) is 3.06. The largest absolute Gasteiger partial charge is 0.495 e. The maximum atomic E-state index is 13.6. The monoisotopic (exact) mass is 576 g/mol. The number of rotatable bonds is 9. The summed E-state index contributed by atoms with van der Waals surface area (Å²) in [4.78, 5) is 30.8. The van der Waals surface area contributed by atoms with E-state index in [1.54, 1.807) is 37.4 Å². The van der Waals surface area contributed by atoms with Crippen LogP contribution < -0.4 is 29.9 Å². The van der Waals surface area contributed by atoms with Crippen molar-refractivity contribution in [1.29, 1.82) is 0 Å². The van der Waals surface area contributed by atoms with Crippen LogP contribution in [0, 0.1) is 0 Å². The van der Waals surface area contributed by atoms with Crippen LogP contribution in [0.1, 0.15) is 42.5 Å². The van der Waals surface area contributed by atoms with Crippen LogP contribution in [0.4, 0.5) is 17.1 Å². The Balaban J connectivity index is 1.29. The first-order valence-electron chi connectivity index (χ1n) is 14.3. The third kappa shape index (κ3) is 7.44. The Morgan fingerprint density at radius 3 is 2.27 bits per heavy atom. The molecule has 1 aliphatic carbocycles. The number of benzene rings is 3. The number of nitrogens with zero attached hydrogens (tertiary/aromatic N) is 2. The molecule has 1 heterocycles. The molecule has 9 heteroatoms. The number of hydrogen-bond acceptors (Lipinski definition) is 6. The van der Waals surface area contributed by atoms with E-state index in [1.807, 2.05) is 30.3 Å². The van der Waals surface area contributed by atoms with Gasteiger partial charge in [-0.1, -0.05) is 43.0 Å². The Bertz CT molecular complexity index is 1340. The number of halogens is 1. The highest BCUT2D eigenvalue weighted by Gasteiger charge is 2.25. The highest BCUT2D eigenvalue weighted by Crippen LogP contribution is 2.31. The topological polar surface area (TPSA) is 83.1 Å². The van der Waals surface area contributed by atoms with Crippen LogP contribution in [0.15, 0.2) is 66.7 Å². The molecule has 2 fully saturated rings. The molecule has 2 aliphatic rings. The molecule has 0 aromatic heterocycles. The predicted octanol–water partition coefficient (Wildman–Crippen LogP) is 5.76. The Morgan fingerprint density at radius 2 is 1.56 bits per heavy atom. The molecule has 1 saturated carbocycles. The number of para-hydroxylation sites is 2. The van der Waals surface area contributed by atoms with Crippen molar-refractivity contribution in [2.24, 2.45) is 0 Å². The zero-order valence-corrected chi connectivity index (χ0v) is 24.2. The van der Waals surface area contributed by atoms with Gasteiger partial charge < -0.3 is 29.9 Å². The van der Waals surface area contributed by atoms with Crippen LogP contribution in [0.25, 0.3) is 0 Å². The zero-order valence-electron chi connectivity index (χ0n) is 23.4. The van der Waals surface area contributed by atoms with E-state index in [9.17, 15) is 9.59 Å². The lowest BCUT2D eigenvalue weighted by atomic mass is 9.95. The van der Waals surface area contributed by atoms with Gasteiger partial charge in [-0.15, -0.1) is 0 Å². The Kier molecular flexibility index (Phi) is 9.51. The van der Waals surface area contributed by atoms with Crippen LogP contribution in [0.2, 0.25) is 5.02 Å². The van der Waals surface area contributed by atoms with Crippen molar-refractivity contribution in [3.05, 3.63) is 77.3 Å². The molecule has 1 aliphatic heterocycles. The highest BCUT2D eigenvalue weighted by molar-refractivity contribution is 6.30. The lowest BCUT2D eigenvalue weighted by Gasteiger charge is -2.38. The van der Waals surface area contributed by atoms with Gasteiger partial charge in [-0.3, -0.25) is 9.59 Å². The molecular weight excluding hydrogens is 540 g/mol. The van der Waals surface area contributed by atoms with Gasteiger partial charge in [0.1, 0.15) is 11.5 Å². The molecule has 5 rings (SSSR count). The van der Waals surface area contributed by atoms with E-state index in [0.29, 0.717) is 22.0 Å². The van der Waals surface area contributed by atoms with E-state index >= 15 is 0 Å². The second-order valence-corrected chi connectivity index (χ2v) is 10.9. The van der Waals surface area contributed by atoms with Crippen LogP contribution in [0.3, 0.4) is 0 Å². The molecule has 216 valence electrons.